The first-order valence-corrected chi connectivity index (χ1v) is 9.33. The van der Waals surface area contributed by atoms with Gasteiger partial charge in [-0.1, -0.05) is 24.3 Å². The van der Waals surface area contributed by atoms with Gasteiger partial charge in [-0.2, -0.15) is 8.42 Å². The van der Waals surface area contributed by atoms with Crippen molar-refractivity contribution in [2.24, 2.45) is 0 Å². The van der Waals surface area contributed by atoms with Gasteiger partial charge in [0, 0.05) is 22.9 Å². The standard InChI is InChI=1S/C17H15NO7S/c1-26(22,23)25-7-6-24-12-8-11(18)13-14(17(12)21)16(20)10-5-3-2-4-9(10)15(13)19/h2-5,8,21H,6-7,18H2,1H3. The highest BCUT2D eigenvalue weighted by atomic mass is 32.2. The van der Waals surface area contributed by atoms with Crippen molar-refractivity contribution in [1.29, 1.82) is 0 Å². The number of phenols is 1. The van der Waals surface area contributed by atoms with Gasteiger partial charge in [0.15, 0.2) is 23.1 Å². The Bertz CT molecular complexity index is 1030. The van der Waals surface area contributed by atoms with E-state index in [1.54, 1.807) is 12.1 Å². The van der Waals surface area contributed by atoms with E-state index >= 15 is 0 Å². The molecule has 2 aromatic rings. The summed E-state index contributed by atoms with van der Waals surface area (Å²) < 4.78 is 31.6. The molecule has 0 aromatic heterocycles. The molecule has 0 fully saturated rings. The highest BCUT2D eigenvalue weighted by Crippen LogP contribution is 2.41. The number of hydrogen-bond donors (Lipinski definition) is 2. The summed E-state index contributed by atoms with van der Waals surface area (Å²) in [4.78, 5) is 25.4. The monoisotopic (exact) mass is 377 g/mol. The third-order valence-electron chi connectivity index (χ3n) is 3.80. The topological polar surface area (TPSA) is 133 Å². The molecular formula is C17H15NO7S. The summed E-state index contributed by atoms with van der Waals surface area (Å²) in [6.45, 7) is -0.497. The highest BCUT2D eigenvalue weighted by Gasteiger charge is 2.35. The average Bonchev–Trinajstić information content (AvgIpc) is 2.58. The molecule has 136 valence electrons. The van der Waals surface area contributed by atoms with E-state index in [9.17, 15) is 23.1 Å². The third-order valence-corrected chi connectivity index (χ3v) is 4.40. The minimum atomic E-state index is -3.63. The number of rotatable bonds is 5. The van der Waals surface area contributed by atoms with Gasteiger partial charge in [-0.05, 0) is 0 Å². The zero-order chi connectivity index (χ0) is 19.1. The van der Waals surface area contributed by atoms with Crippen molar-refractivity contribution in [3.05, 3.63) is 52.6 Å². The molecule has 2 aromatic carbocycles. The van der Waals surface area contributed by atoms with Gasteiger partial charge < -0.3 is 15.6 Å². The van der Waals surface area contributed by atoms with Crippen LogP contribution >= 0.6 is 0 Å². The van der Waals surface area contributed by atoms with Crippen LogP contribution in [0.15, 0.2) is 30.3 Å². The smallest absolute Gasteiger partial charge is 0.264 e. The lowest BCUT2D eigenvalue weighted by Gasteiger charge is -2.21. The van der Waals surface area contributed by atoms with E-state index in [-0.39, 0.29) is 46.9 Å². The second-order valence-corrected chi connectivity index (χ2v) is 7.28. The van der Waals surface area contributed by atoms with Crippen molar-refractivity contribution in [1.82, 2.24) is 0 Å². The van der Waals surface area contributed by atoms with Crippen LogP contribution in [0.5, 0.6) is 11.5 Å². The number of ketones is 2. The van der Waals surface area contributed by atoms with E-state index in [1.807, 2.05) is 0 Å². The van der Waals surface area contributed by atoms with Gasteiger partial charge in [0.05, 0.1) is 17.4 Å². The van der Waals surface area contributed by atoms with Gasteiger partial charge >= 0.3 is 0 Å². The van der Waals surface area contributed by atoms with E-state index in [0.717, 1.165) is 6.26 Å². The maximum absolute atomic E-state index is 12.7. The lowest BCUT2D eigenvalue weighted by Crippen LogP contribution is -2.23. The van der Waals surface area contributed by atoms with Crippen molar-refractivity contribution in [3.63, 3.8) is 0 Å². The normalized spacial score (nSPS) is 13.3. The highest BCUT2D eigenvalue weighted by molar-refractivity contribution is 7.85. The van der Waals surface area contributed by atoms with Gasteiger partial charge in [0.2, 0.25) is 0 Å². The van der Waals surface area contributed by atoms with Gasteiger partial charge in [0.1, 0.15) is 13.2 Å². The number of fused-ring (bicyclic) bond motifs is 2. The van der Waals surface area contributed by atoms with E-state index < -0.39 is 27.4 Å². The van der Waals surface area contributed by atoms with Crippen molar-refractivity contribution in [3.8, 4) is 11.5 Å². The number of aromatic hydroxyl groups is 1. The maximum atomic E-state index is 12.7. The van der Waals surface area contributed by atoms with Gasteiger partial charge in [0.25, 0.3) is 10.1 Å². The lowest BCUT2D eigenvalue weighted by atomic mass is 9.82. The number of hydrogen-bond acceptors (Lipinski definition) is 8. The molecule has 0 unspecified atom stereocenters. The third kappa shape index (κ3) is 3.14. The average molecular weight is 377 g/mol. The predicted molar refractivity (Wildman–Crippen MR) is 92.1 cm³/mol. The molecule has 0 aliphatic heterocycles. The molecule has 0 bridgehead atoms. The summed E-state index contributed by atoms with van der Waals surface area (Å²) in [5, 5.41) is 10.4. The second-order valence-electron chi connectivity index (χ2n) is 5.64. The van der Waals surface area contributed by atoms with Gasteiger partial charge in [-0.3, -0.25) is 13.8 Å². The second kappa shape index (κ2) is 6.43. The van der Waals surface area contributed by atoms with Crippen LogP contribution in [-0.2, 0) is 14.3 Å². The Hall–Kier alpha value is -2.91. The van der Waals surface area contributed by atoms with Crippen molar-refractivity contribution < 1.29 is 32.0 Å². The number of nitrogen functional groups attached to an aromatic ring is 1. The van der Waals surface area contributed by atoms with Crippen LogP contribution in [0.3, 0.4) is 0 Å². The molecule has 1 aliphatic rings. The SMILES string of the molecule is CS(=O)(=O)OCCOc1cc(N)c2c(c1O)C(=O)c1ccccc1C2=O. The number of carbonyl (C=O) groups is 2. The Kier molecular flexibility index (Phi) is 4.43. The molecule has 0 radical (unpaired) electrons. The Morgan fingerprint density at radius 3 is 2.19 bits per heavy atom. The summed E-state index contributed by atoms with van der Waals surface area (Å²) in [7, 11) is -3.63. The van der Waals surface area contributed by atoms with Crippen LogP contribution < -0.4 is 10.5 Å². The minimum absolute atomic E-state index is 0.0234. The molecule has 3 N–H and O–H groups in total. The van der Waals surface area contributed by atoms with Crippen LogP contribution in [0.25, 0.3) is 0 Å². The summed E-state index contributed by atoms with van der Waals surface area (Å²) in [6.07, 6.45) is 0.892. The number of benzene rings is 2. The predicted octanol–water partition coefficient (Wildman–Crippen LogP) is 1.10. The van der Waals surface area contributed by atoms with Crippen LogP contribution in [0.1, 0.15) is 31.8 Å². The first-order chi connectivity index (χ1) is 12.2. The number of ether oxygens (including phenoxy) is 1. The van der Waals surface area contributed by atoms with Crippen LogP contribution in [-0.4, -0.2) is 44.6 Å². The number of carbonyl (C=O) groups excluding carboxylic acids is 2. The molecule has 0 spiro atoms. The fraction of sp³-hybridized carbons (Fsp3) is 0.176. The zero-order valence-corrected chi connectivity index (χ0v) is 14.5. The largest absolute Gasteiger partial charge is 0.504 e. The molecule has 0 saturated carbocycles. The molecule has 26 heavy (non-hydrogen) atoms. The number of anilines is 1. The molecular weight excluding hydrogens is 362 g/mol. The molecule has 0 atom stereocenters. The van der Waals surface area contributed by atoms with E-state index in [0.29, 0.717) is 0 Å². The summed E-state index contributed by atoms with van der Waals surface area (Å²) in [6, 6.07) is 7.46. The Balaban J connectivity index is 1.97. The summed E-state index contributed by atoms with van der Waals surface area (Å²) >= 11 is 0. The van der Waals surface area contributed by atoms with Crippen LogP contribution in [0, 0.1) is 0 Å². The Morgan fingerprint density at radius 2 is 1.62 bits per heavy atom. The van der Waals surface area contributed by atoms with E-state index in [1.165, 1.54) is 18.2 Å². The fourth-order valence-electron chi connectivity index (χ4n) is 2.73. The Morgan fingerprint density at radius 1 is 1.04 bits per heavy atom. The van der Waals surface area contributed by atoms with Crippen molar-refractivity contribution >= 4 is 27.4 Å². The quantitative estimate of drug-likeness (QED) is 0.292. The molecule has 8 nitrogen and oxygen atoms in total. The lowest BCUT2D eigenvalue weighted by molar-refractivity contribution is 0.0976. The summed E-state index contributed by atoms with van der Waals surface area (Å²) in [5.41, 5.74) is 5.95. The fourth-order valence-corrected chi connectivity index (χ4v) is 3.10. The summed E-state index contributed by atoms with van der Waals surface area (Å²) in [5.74, 6) is -1.67. The number of nitrogens with two attached hydrogens (primary N) is 1. The Labute approximate surface area is 149 Å². The molecule has 1 aliphatic carbocycles. The first-order valence-electron chi connectivity index (χ1n) is 7.51. The molecule has 0 saturated heterocycles. The van der Waals surface area contributed by atoms with Crippen LogP contribution in [0.4, 0.5) is 5.69 Å². The minimum Gasteiger partial charge on any atom is -0.504 e. The zero-order valence-electron chi connectivity index (χ0n) is 13.7. The molecule has 9 heteroatoms. The molecule has 3 rings (SSSR count). The van der Waals surface area contributed by atoms with Gasteiger partial charge in [-0.15, -0.1) is 0 Å². The van der Waals surface area contributed by atoms with E-state index in [4.69, 9.17) is 10.5 Å². The van der Waals surface area contributed by atoms with Crippen molar-refractivity contribution in [2.75, 3.05) is 25.2 Å². The molecule has 0 amide bonds. The maximum Gasteiger partial charge on any atom is 0.264 e. The molecule has 0 heterocycles. The van der Waals surface area contributed by atoms with E-state index in [2.05, 4.69) is 4.18 Å². The first kappa shape index (κ1) is 17.9. The van der Waals surface area contributed by atoms with Crippen molar-refractivity contribution in [2.45, 2.75) is 0 Å². The number of phenolic OH excluding ortho intramolecular Hbond substituents is 1. The van der Waals surface area contributed by atoms with Gasteiger partial charge in [-0.25, -0.2) is 0 Å². The van der Waals surface area contributed by atoms with Crippen LogP contribution in [0.2, 0.25) is 0 Å².